The molecule has 17 heavy (non-hydrogen) atoms. The molecule has 0 amide bonds. The number of rotatable bonds is 2. The first-order chi connectivity index (χ1) is 8.06. The van der Waals surface area contributed by atoms with Crippen LogP contribution in [0.4, 0.5) is 5.69 Å². The fraction of sp³-hybridized carbons (Fsp3) is 0.0833. The summed E-state index contributed by atoms with van der Waals surface area (Å²) >= 11 is 11.8. The fourth-order valence-corrected chi connectivity index (χ4v) is 1.73. The number of nitrogens with zero attached hydrogens (tertiary/aromatic N) is 1. The van der Waals surface area contributed by atoms with Crippen molar-refractivity contribution in [1.29, 1.82) is 0 Å². The zero-order valence-corrected chi connectivity index (χ0v) is 10.6. The Morgan fingerprint density at radius 3 is 2.65 bits per heavy atom. The number of nitrogens with two attached hydrogens (primary N) is 1. The highest BCUT2D eigenvalue weighted by molar-refractivity contribution is 6.35. The molecule has 2 aromatic rings. The summed E-state index contributed by atoms with van der Waals surface area (Å²) in [4.78, 5) is 4.19. The van der Waals surface area contributed by atoms with Gasteiger partial charge in [0.15, 0.2) is 0 Å². The van der Waals surface area contributed by atoms with E-state index in [1.165, 1.54) is 0 Å². The SMILES string of the molecule is Cc1ccc(N)c(Oc2ccc(Cl)cc2Cl)n1. The Bertz CT molecular complexity index is 558. The molecule has 0 saturated carbocycles. The fourth-order valence-electron chi connectivity index (χ4n) is 1.29. The molecule has 0 fully saturated rings. The van der Waals surface area contributed by atoms with Crippen molar-refractivity contribution >= 4 is 28.9 Å². The van der Waals surface area contributed by atoms with Gasteiger partial charge in [-0.05, 0) is 37.3 Å². The molecule has 0 bridgehead atoms. The minimum absolute atomic E-state index is 0.342. The van der Waals surface area contributed by atoms with Crippen molar-refractivity contribution in [3.8, 4) is 11.6 Å². The molecule has 2 rings (SSSR count). The van der Waals surface area contributed by atoms with Crippen molar-refractivity contribution in [2.24, 2.45) is 0 Å². The van der Waals surface area contributed by atoms with E-state index in [1.807, 2.05) is 13.0 Å². The van der Waals surface area contributed by atoms with Gasteiger partial charge in [-0.1, -0.05) is 23.2 Å². The highest BCUT2D eigenvalue weighted by Crippen LogP contribution is 2.32. The van der Waals surface area contributed by atoms with Crippen LogP contribution >= 0.6 is 23.2 Å². The van der Waals surface area contributed by atoms with Gasteiger partial charge in [-0.25, -0.2) is 4.98 Å². The smallest absolute Gasteiger partial charge is 0.242 e. The zero-order valence-electron chi connectivity index (χ0n) is 9.08. The van der Waals surface area contributed by atoms with Crippen LogP contribution in [0, 0.1) is 6.92 Å². The largest absolute Gasteiger partial charge is 0.435 e. The molecule has 1 aromatic carbocycles. The van der Waals surface area contributed by atoms with E-state index in [4.69, 9.17) is 33.7 Å². The quantitative estimate of drug-likeness (QED) is 0.893. The van der Waals surface area contributed by atoms with E-state index in [9.17, 15) is 0 Å². The number of benzene rings is 1. The average molecular weight is 269 g/mol. The van der Waals surface area contributed by atoms with Crippen LogP contribution in [0.3, 0.4) is 0 Å². The molecule has 88 valence electrons. The van der Waals surface area contributed by atoms with Gasteiger partial charge in [-0.2, -0.15) is 0 Å². The molecular weight excluding hydrogens is 259 g/mol. The molecule has 0 aliphatic heterocycles. The van der Waals surface area contributed by atoms with Crippen LogP contribution in [0.15, 0.2) is 30.3 Å². The van der Waals surface area contributed by atoms with Gasteiger partial charge in [0, 0.05) is 10.7 Å². The molecule has 0 aliphatic rings. The third-order valence-electron chi connectivity index (χ3n) is 2.13. The number of aromatic nitrogens is 1. The number of ether oxygens (including phenoxy) is 1. The molecular formula is C12H10Cl2N2O. The molecule has 1 aromatic heterocycles. The third kappa shape index (κ3) is 2.81. The van der Waals surface area contributed by atoms with Crippen molar-refractivity contribution in [3.05, 3.63) is 46.1 Å². The Morgan fingerprint density at radius 1 is 1.18 bits per heavy atom. The lowest BCUT2D eigenvalue weighted by Crippen LogP contribution is -1.96. The molecule has 1 heterocycles. The maximum atomic E-state index is 5.99. The van der Waals surface area contributed by atoms with Gasteiger partial charge in [0.2, 0.25) is 5.88 Å². The van der Waals surface area contributed by atoms with Crippen molar-refractivity contribution in [2.45, 2.75) is 6.92 Å². The minimum atomic E-state index is 0.342. The number of hydrogen-bond acceptors (Lipinski definition) is 3. The van der Waals surface area contributed by atoms with E-state index >= 15 is 0 Å². The first-order valence-corrected chi connectivity index (χ1v) is 5.68. The maximum absolute atomic E-state index is 5.99. The predicted octanol–water partition coefficient (Wildman–Crippen LogP) is 4.07. The van der Waals surface area contributed by atoms with Crippen LogP contribution in [-0.4, -0.2) is 4.98 Å². The van der Waals surface area contributed by atoms with Gasteiger partial charge in [0.25, 0.3) is 0 Å². The van der Waals surface area contributed by atoms with E-state index in [2.05, 4.69) is 4.98 Å². The first-order valence-electron chi connectivity index (χ1n) is 4.92. The van der Waals surface area contributed by atoms with Crippen LogP contribution in [0.2, 0.25) is 10.0 Å². The van der Waals surface area contributed by atoms with E-state index in [-0.39, 0.29) is 0 Å². The standard InChI is InChI=1S/C12H10Cl2N2O/c1-7-2-4-10(15)12(16-7)17-11-5-3-8(13)6-9(11)14/h2-6H,15H2,1H3. The van der Waals surface area contributed by atoms with E-state index in [0.29, 0.717) is 27.4 Å². The molecule has 0 saturated heterocycles. The van der Waals surface area contributed by atoms with Crippen LogP contribution in [0.5, 0.6) is 11.6 Å². The summed E-state index contributed by atoms with van der Waals surface area (Å²) in [7, 11) is 0. The number of nitrogen functional groups attached to an aromatic ring is 1. The molecule has 2 N–H and O–H groups in total. The Morgan fingerprint density at radius 2 is 1.94 bits per heavy atom. The zero-order chi connectivity index (χ0) is 12.4. The lowest BCUT2D eigenvalue weighted by Gasteiger charge is -2.09. The van der Waals surface area contributed by atoms with Gasteiger partial charge in [-0.15, -0.1) is 0 Å². The lowest BCUT2D eigenvalue weighted by molar-refractivity contribution is 0.464. The number of pyridine rings is 1. The number of halogens is 2. The summed E-state index contributed by atoms with van der Waals surface area (Å²) in [6.07, 6.45) is 0. The summed E-state index contributed by atoms with van der Waals surface area (Å²) in [6.45, 7) is 1.86. The third-order valence-corrected chi connectivity index (χ3v) is 2.66. The summed E-state index contributed by atoms with van der Waals surface area (Å²) in [5.74, 6) is 0.815. The van der Waals surface area contributed by atoms with Gasteiger partial charge < -0.3 is 10.5 Å². The van der Waals surface area contributed by atoms with Crippen molar-refractivity contribution in [1.82, 2.24) is 4.98 Å². The Balaban J connectivity index is 2.34. The van der Waals surface area contributed by atoms with Crippen LogP contribution in [0.25, 0.3) is 0 Å². The highest BCUT2D eigenvalue weighted by atomic mass is 35.5. The monoisotopic (exact) mass is 268 g/mol. The van der Waals surface area contributed by atoms with E-state index in [1.54, 1.807) is 24.3 Å². The summed E-state index contributed by atoms with van der Waals surface area (Å²) in [5.41, 5.74) is 7.04. The Hall–Kier alpha value is -1.45. The summed E-state index contributed by atoms with van der Waals surface area (Å²) in [6, 6.07) is 8.51. The molecule has 5 heteroatoms. The Labute approximate surface area is 109 Å². The number of anilines is 1. The normalized spacial score (nSPS) is 10.3. The van der Waals surface area contributed by atoms with E-state index < -0.39 is 0 Å². The lowest BCUT2D eigenvalue weighted by atomic mass is 10.3. The van der Waals surface area contributed by atoms with Gasteiger partial charge >= 0.3 is 0 Å². The second-order valence-electron chi connectivity index (χ2n) is 3.52. The highest BCUT2D eigenvalue weighted by Gasteiger charge is 2.08. The molecule has 0 spiro atoms. The topological polar surface area (TPSA) is 48.1 Å². The van der Waals surface area contributed by atoms with Crippen molar-refractivity contribution in [3.63, 3.8) is 0 Å². The van der Waals surface area contributed by atoms with Crippen molar-refractivity contribution < 1.29 is 4.74 Å². The maximum Gasteiger partial charge on any atom is 0.242 e. The van der Waals surface area contributed by atoms with Gasteiger partial charge in [0.05, 0.1) is 10.7 Å². The first kappa shape index (κ1) is 12.0. The van der Waals surface area contributed by atoms with Crippen molar-refractivity contribution in [2.75, 3.05) is 5.73 Å². The van der Waals surface area contributed by atoms with Crippen LogP contribution < -0.4 is 10.5 Å². The molecule has 0 aliphatic carbocycles. The average Bonchev–Trinajstić information content (AvgIpc) is 2.27. The van der Waals surface area contributed by atoms with Crippen LogP contribution in [-0.2, 0) is 0 Å². The van der Waals surface area contributed by atoms with E-state index in [0.717, 1.165) is 5.69 Å². The van der Waals surface area contributed by atoms with Crippen LogP contribution in [0.1, 0.15) is 5.69 Å². The number of hydrogen-bond donors (Lipinski definition) is 1. The molecule has 0 atom stereocenters. The molecule has 0 radical (unpaired) electrons. The Kier molecular flexibility index (Phi) is 3.41. The summed E-state index contributed by atoms with van der Waals surface area (Å²) < 4.78 is 5.55. The number of aryl methyl sites for hydroxylation is 1. The second kappa shape index (κ2) is 4.82. The predicted molar refractivity (Wildman–Crippen MR) is 69.9 cm³/mol. The minimum Gasteiger partial charge on any atom is -0.435 e. The second-order valence-corrected chi connectivity index (χ2v) is 4.37. The van der Waals surface area contributed by atoms with Gasteiger partial charge in [-0.3, -0.25) is 0 Å². The molecule has 3 nitrogen and oxygen atoms in total. The van der Waals surface area contributed by atoms with Gasteiger partial charge in [0.1, 0.15) is 5.75 Å². The molecule has 0 unspecified atom stereocenters. The summed E-state index contributed by atoms with van der Waals surface area (Å²) in [5, 5.41) is 0.965.